The summed E-state index contributed by atoms with van der Waals surface area (Å²) in [4.78, 5) is 20.5. The van der Waals surface area contributed by atoms with E-state index in [0.29, 0.717) is 24.7 Å². The number of nitrogens with zero attached hydrogens (tertiary/aromatic N) is 2. The topological polar surface area (TPSA) is 68.8 Å². The number of likely N-dealkylation sites (tertiary alicyclic amines) is 1. The van der Waals surface area contributed by atoms with Crippen molar-refractivity contribution in [1.82, 2.24) is 20.9 Å². The van der Waals surface area contributed by atoms with E-state index in [4.69, 9.17) is 0 Å². The minimum absolute atomic E-state index is 0. The summed E-state index contributed by atoms with van der Waals surface area (Å²) >= 11 is 1.82. The summed E-state index contributed by atoms with van der Waals surface area (Å²) in [6.07, 6.45) is 3.48. The van der Waals surface area contributed by atoms with Crippen molar-refractivity contribution in [2.24, 2.45) is 4.99 Å². The maximum absolute atomic E-state index is 12.2. The molecule has 0 aliphatic carbocycles. The quantitative estimate of drug-likeness (QED) is 0.249. The molecule has 1 atom stereocenters. The molecule has 3 rings (SSSR count). The molecule has 1 aromatic heterocycles. The molecule has 31 heavy (non-hydrogen) atoms. The molecule has 1 aliphatic heterocycles. The van der Waals surface area contributed by atoms with Crippen molar-refractivity contribution in [3.8, 4) is 0 Å². The molecule has 1 amide bonds. The van der Waals surface area contributed by atoms with Gasteiger partial charge in [0.05, 0.1) is 6.04 Å². The molecule has 1 fully saturated rings. The number of thiophene rings is 1. The second-order valence-corrected chi connectivity index (χ2v) is 8.52. The average molecular weight is 556 g/mol. The van der Waals surface area contributed by atoms with Gasteiger partial charge in [-0.1, -0.05) is 25.1 Å². The zero-order valence-corrected chi connectivity index (χ0v) is 21.5. The van der Waals surface area contributed by atoms with Gasteiger partial charge in [0, 0.05) is 37.1 Å². The van der Waals surface area contributed by atoms with E-state index in [2.05, 4.69) is 43.4 Å². The molecule has 1 unspecified atom stereocenters. The molecule has 2 heterocycles. The van der Waals surface area contributed by atoms with Crippen LogP contribution in [0.5, 0.6) is 0 Å². The molecule has 0 saturated carbocycles. The van der Waals surface area contributed by atoms with Crippen LogP contribution in [0, 0.1) is 0 Å². The fourth-order valence-corrected chi connectivity index (χ4v) is 4.57. The van der Waals surface area contributed by atoms with Crippen LogP contribution in [0.25, 0.3) is 0 Å². The van der Waals surface area contributed by atoms with Crippen LogP contribution in [0.2, 0.25) is 0 Å². The number of benzene rings is 1. The largest absolute Gasteiger partial charge is 0.354 e. The van der Waals surface area contributed by atoms with Crippen LogP contribution in [-0.4, -0.2) is 50.0 Å². The molecular weight excluding hydrogens is 521 g/mol. The zero-order chi connectivity index (χ0) is 21.2. The predicted molar refractivity (Wildman–Crippen MR) is 141 cm³/mol. The van der Waals surface area contributed by atoms with E-state index in [9.17, 15) is 4.79 Å². The van der Waals surface area contributed by atoms with Crippen molar-refractivity contribution < 1.29 is 4.79 Å². The van der Waals surface area contributed by atoms with E-state index in [-0.39, 0.29) is 29.9 Å². The molecule has 1 saturated heterocycles. The predicted octanol–water partition coefficient (Wildman–Crippen LogP) is 4.01. The highest BCUT2D eigenvalue weighted by atomic mass is 127. The van der Waals surface area contributed by atoms with Crippen LogP contribution < -0.4 is 16.0 Å². The number of hydrogen-bond acceptors (Lipinski definition) is 4. The fraction of sp³-hybridized carbons (Fsp3) is 0.478. The summed E-state index contributed by atoms with van der Waals surface area (Å²) in [5, 5.41) is 11.9. The second kappa shape index (κ2) is 13.7. The second-order valence-electron chi connectivity index (χ2n) is 7.54. The van der Waals surface area contributed by atoms with Crippen LogP contribution in [0.1, 0.15) is 53.0 Å². The minimum atomic E-state index is -0.0226. The fourth-order valence-electron chi connectivity index (χ4n) is 3.71. The molecule has 1 aliphatic rings. The highest BCUT2D eigenvalue weighted by Gasteiger charge is 2.24. The van der Waals surface area contributed by atoms with E-state index >= 15 is 0 Å². The number of nitrogens with one attached hydrogen (secondary N) is 3. The van der Waals surface area contributed by atoms with Crippen LogP contribution in [0.4, 0.5) is 0 Å². The van der Waals surface area contributed by atoms with E-state index < -0.39 is 0 Å². The molecule has 0 spiro atoms. The van der Waals surface area contributed by atoms with Crippen molar-refractivity contribution in [3.05, 3.63) is 57.8 Å². The SMILES string of the molecule is CCCNC(=O)c1cccc(CNC(=NC)NCC(c2cccs2)N2CCCC2)c1.I. The summed E-state index contributed by atoms with van der Waals surface area (Å²) in [6.45, 7) is 6.49. The van der Waals surface area contributed by atoms with Crippen molar-refractivity contribution in [2.45, 2.75) is 38.8 Å². The number of carbonyl (C=O) groups is 1. The number of rotatable bonds is 9. The van der Waals surface area contributed by atoms with Gasteiger partial charge in [-0.3, -0.25) is 14.7 Å². The van der Waals surface area contributed by atoms with E-state index in [1.165, 1.54) is 17.7 Å². The van der Waals surface area contributed by atoms with Crippen molar-refractivity contribution in [2.75, 3.05) is 33.2 Å². The summed E-state index contributed by atoms with van der Waals surface area (Å²) in [5.41, 5.74) is 1.74. The third-order valence-corrected chi connectivity index (χ3v) is 6.30. The summed E-state index contributed by atoms with van der Waals surface area (Å²) < 4.78 is 0. The number of carbonyl (C=O) groups excluding carboxylic acids is 1. The van der Waals surface area contributed by atoms with Gasteiger partial charge in [-0.15, -0.1) is 35.3 Å². The van der Waals surface area contributed by atoms with Gasteiger partial charge in [0.2, 0.25) is 0 Å². The van der Waals surface area contributed by atoms with E-state index in [1.54, 1.807) is 7.05 Å². The van der Waals surface area contributed by atoms with E-state index in [1.807, 2.05) is 42.5 Å². The zero-order valence-electron chi connectivity index (χ0n) is 18.4. The molecule has 170 valence electrons. The third kappa shape index (κ3) is 7.76. The lowest BCUT2D eigenvalue weighted by Gasteiger charge is -2.27. The summed E-state index contributed by atoms with van der Waals surface area (Å²) in [7, 11) is 1.79. The van der Waals surface area contributed by atoms with Crippen molar-refractivity contribution >= 4 is 47.2 Å². The highest BCUT2D eigenvalue weighted by molar-refractivity contribution is 14.0. The van der Waals surface area contributed by atoms with Gasteiger partial charge >= 0.3 is 0 Å². The molecule has 8 heteroatoms. The van der Waals surface area contributed by atoms with Gasteiger partial charge in [-0.25, -0.2) is 0 Å². The van der Waals surface area contributed by atoms with Gasteiger partial charge in [-0.05, 0) is 61.5 Å². The Morgan fingerprint density at radius 2 is 1.97 bits per heavy atom. The smallest absolute Gasteiger partial charge is 0.251 e. The van der Waals surface area contributed by atoms with Gasteiger partial charge in [0.15, 0.2) is 5.96 Å². The van der Waals surface area contributed by atoms with Gasteiger partial charge in [0.1, 0.15) is 0 Å². The Bertz CT molecular complexity index is 821. The first kappa shape index (κ1) is 25.6. The van der Waals surface area contributed by atoms with Crippen molar-refractivity contribution in [3.63, 3.8) is 0 Å². The summed E-state index contributed by atoms with van der Waals surface area (Å²) in [6, 6.07) is 12.5. The monoisotopic (exact) mass is 555 g/mol. The number of hydrogen-bond donors (Lipinski definition) is 3. The van der Waals surface area contributed by atoms with Crippen molar-refractivity contribution in [1.29, 1.82) is 0 Å². The molecule has 0 radical (unpaired) electrons. The lowest BCUT2D eigenvalue weighted by Crippen LogP contribution is -2.42. The third-order valence-electron chi connectivity index (χ3n) is 5.32. The molecule has 6 nitrogen and oxygen atoms in total. The first-order valence-corrected chi connectivity index (χ1v) is 11.7. The Morgan fingerprint density at radius 3 is 2.65 bits per heavy atom. The lowest BCUT2D eigenvalue weighted by atomic mass is 10.1. The van der Waals surface area contributed by atoms with Crippen LogP contribution in [0.3, 0.4) is 0 Å². The minimum Gasteiger partial charge on any atom is -0.354 e. The maximum atomic E-state index is 12.2. The Morgan fingerprint density at radius 1 is 1.16 bits per heavy atom. The standard InChI is InChI=1S/C23H33N5OS.HI/c1-3-11-25-22(29)19-9-6-8-18(15-19)16-26-23(24-2)27-17-20(21-10-7-14-30-21)28-12-4-5-13-28;/h6-10,14-15,20H,3-5,11-13,16-17H2,1-2H3,(H,25,29)(H2,24,26,27);1H. The van der Waals surface area contributed by atoms with Gasteiger partial charge in [0.25, 0.3) is 5.91 Å². The van der Waals surface area contributed by atoms with Crippen LogP contribution in [0.15, 0.2) is 46.8 Å². The summed E-state index contributed by atoms with van der Waals surface area (Å²) in [5.74, 6) is 0.752. The van der Waals surface area contributed by atoms with Gasteiger partial charge < -0.3 is 16.0 Å². The first-order valence-electron chi connectivity index (χ1n) is 10.8. The molecular formula is C23H34IN5OS. The van der Waals surface area contributed by atoms with Crippen LogP contribution >= 0.6 is 35.3 Å². The number of amides is 1. The molecule has 3 N–H and O–H groups in total. The number of guanidine groups is 1. The van der Waals surface area contributed by atoms with Crippen LogP contribution in [-0.2, 0) is 6.54 Å². The number of halogens is 1. The normalized spacial score (nSPS) is 15.2. The lowest BCUT2D eigenvalue weighted by molar-refractivity contribution is 0.0953. The Hall–Kier alpha value is -1.65. The van der Waals surface area contributed by atoms with Gasteiger partial charge in [-0.2, -0.15) is 0 Å². The Kier molecular flexibility index (Phi) is 11.3. The average Bonchev–Trinajstić information content (AvgIpc) is 3.49. The molecule has 2 aromatic rings. The highest BCUT2D eigenvalue weighted by Crippen LogP contribution is 2.27. The maximum Gasteiger partial charge on any atom is 0.251 e. The molecule has 0 bridgehead atoms. The molecule has 1 aromatic carbocycles. The Labute approximate surface area is 206 Å². The van der Waals surface area contributed by atoms with E-state index in [0.717, 1.165) is 37.6 Å². The first-order chi connectivity index (χ1) is 14.7. The number of aliphatic imine (C=N–C) groups is 1. The Balaban J connectivity index is 0.00000341.